The second kappa shape index (κ2) is 4.19. The van der Waals surface area contributed by atoms with Crippen molar-refractivity contribution in [1.82, 2.24) is 0 Å². The molecular formula is C9H6ClIO2. The van der Waals surface area contributed by atoms with Crippen molar-refractivity contribution >= 4 is 46.3 Å². The van der Waals surface area contributed by atoms with Crippen LogP contribution < -0.4 is 0 Å². The number of benzene rings is 1. The second-order valence-electron chi connectivity index (χ2n) is 2.50. The molecule has 0 spiro atoms. The molecule has 0 amide bonds. The van der Waals surface area contributed by atoms with Crippen molar-refractivity contribution in [2.45, 2.75) is 6.92 Å². The zero-order valence-electron chi connectivity index (χ0n) is 6.80. The lowest BCUT2D eigenvalue weighted by Crippen LogP contribution is -2.01. The van der Waals surface area contributed by atoms with E-state index in [4.69, 9.17) is 11.6 Å². The molecule has 0 saturated carbocycles. The predicted molar refractivity (Wildman–Crippen MR) is 59.6 cm³/mol. The molecule has 0 radical (unpaired) electrons. The van der Waals surface area contributed by atoms with Crippen LogP contribution in [-0.4, -0.2) is 12.1 Å². The van der Waals surface area contributed by atoms with Gasteiger partial charge in [0.25, 0.3) is 0 Å². The van der Waals surface area contributed by atoms with Gasteiger partial charge in [-0.15, -0.1) is 0 Å². The van der Waals surface area contributed by atoms with E-state index >= 15 is 0 Å². The van der Waals surface area contributed by atoms with Crippen LogP contribution in [0, 0.1) is 3.57 Å². The van der Waals surface area contributed by atoms with E-state index < -0.39 is 0 Å². The zero-order valence-corrected chi connectivity index (χ0v) is 9.72. The van der Waals surface area contributed by atoms with E-state index in [1.165, 1.54) is 6.92 Å². The maximum absolute atomic E-state index is 11.2. The van der Waals surface area contributed by atoms with Crippen molar-refractivity contribution in [3.63, 3.8) is 0 Å². The van der Waals surface area contributed by atoms with Gasteiger partial charge in [0, 0.05) is 14.7 Å². The Morgan fingerprint density at radius 2 is 2.15 bits per heavy atom. The van der Waals surface area contributed by atoms with E-state index in [0.29, 0.717) is 22.4 Å². The SMILES string of the molecule is CC(=O)c1c(C=O)ccc(I)c1Cl. The third-order valence-electron chi connectivity index (χ3n) is 1.61. The third-order valence-corrected chi connectivity index (χ3v) is 3.22. The van der Waals surface area contributed by atoms with E-state index in [9.17, 15) is 9.59 Å². The van der Waals surface area contributed by atoms with Gasteiger partial charge in [0.05, 0.1) is 5.02 Å². The van der Waals surface area contributed by atoms with Crippen LogP contribution in [-0.2, 0) is 0 Å². The quantitative estimate of drug-likeness (QED) is 0.478. The van der Waals surface area contributed by atoms with Crippen LogP contribution in [0.4, 0.5) is 0 Å². The van der Waals surface area contributed by atoms with Crippen molar-refractivity contribution in [3.8, 4) is 0 Å². The standard InChI is InChI=1S/C9H6ClIO2/c1-5(13)8-6(4-12)2-3-7(11)9(8)10/h2-4H,1H3. The normalized spacial score (nSPS) is 9.77. The van der Waals surface area contributed by atoms with Crippen molar-refractivity contribution in [3.05, 3.63) is 31.9 Å². The molecule has 4 heteroatoms. The third kappa shape index (κ3) is 2.08. The molecule has 0 bridgehead atoms. The number of Topliss-reactive ketones (excluding diaryl/α,β-unsaturated/α-hetero) is 1. The first-order valence-corrected chi connectivity index (χ1v) is 4.97. The first-order chi connectivity index (χ1) is 6.07. The smallest absolute Gasteiger partial charge is 0.162 e. The fourth-order valence-corrected chi connectivity index (χ4v) is 1.78. The highest BCUT2D eigenvalue weighted by Crippen LogP contribution is 2.25. The van der Waals surface area contributed by atoms with Gasteiger partial charge in [0.1, 0.15) is 0 Å². The number of carbonyl (C=O) groups excluding carboxylic acids is 2. The molecule has 0 N–H and O–H groups in total. The van der Waals surface area contributed by atoms with Crippen molar-refractivity contribution in [1.29, 1.82) is 0 Å². The summed E-state index contributed by atoms with van der Waals surface area (Å²) < 4.78 is 0.773. The summed E-state index contributed by atoms with van der Waals surface area (Å²) in [6.45, 7) is 1.39. The molecule has 13 heavy (non-hydrogen) atoms. The molecule has 0 aromatic heterocycles. The first-order valence-electron chi connectivity index (χ1n) is 3.52. The van der Waals surface area contributed by atoms with Gasteiger partial charge in [0.15, 0.2) is 12.1 Å². The number of rotatable bonds is 2. The van der Waals surface area contributed by atoms with Gasteiger partial charge in [0.2, 0.25) is 0 Å². The van der Waals surface area contributed by atoms with Gasteiger partial charge in [-0.2, -0.15) is 0 Å². The highest BCUT2D eigenvalue weighted by Gasteiger charge is 2.13. The molecule has 0 aliphatic carbocycles. The molecule has 0 atom stereocenters. The maximum atomic E-state index is 11.2. The van der Waals surface area contributed by atoms with Gasteiger partial charge in [-0.3, -0.25) is 9.59 Å². The molecule has 68 valence electrons. The summed E-state index contributed by atoms with van der Waals surface area (Å²) in [4.78, 5) is 21.7. The molecule has 0 aliphatic rings. The number of hydrogen-bond acceptors (Lipinski definition) is 2. The summed E-state index contributed by atoms with van der Waals surface area (Å²) in [5, 5.41) is 0.359. The molecule has 1 rings (SSSR count). The number of halogens is 2. The van der Waals surface area contributed by atoms with Crippen LogP contribution in [0.25, 0.3) is 0 Å². The molecule has 0 fully saturated rings. The summed E-state index contributed by atoms with van der Waals surface area (Å²) in [6, 6.07) is 3.30. The van der Waals surface area contributed by atoms with E-state index in [0.717, 1.165) is 3.57 Å². The Morgan fingerprint density at radius 1 is 1.54 bits per heavy atom. The highest BCUT2D eigenvalue weighted by molar-refractivity contribution is 14.1. The molecule has 0 unspecified atom stereocenters. The minimum Gasteiger partial charge on any atom is -0.298 e. The summed E-state index contributed by atoms with van der Waals surface area (Å²) in [5.41, 5.74) is 0.654. The van der Waals surface area contributed by atoms with E-state index in [-0.39, 0.29) is 5.78 Å². The van der Waals surface area contributed by atoms with Crippen LogP contribution in [0.3, 0.4) is 0 Å². The summed E-state index contributed by atoms with van der Waals surface area (Å²) in [6.07, 6.45) is 0.638. The highest BCUT2D eigenvalue weighted by atomic mass is 127. The van der Waals surface area contributed by atoms with Crippen molar-refractivity contribution in [2.75, 3.05) is 0 Å². The van der Waals surface area contributed by atoms with Crippen LogP contribution in [0.2, 0.25) is 5.02 Å². The molecule has 2 nitrogen and oxygen atoms in total. The van der Waals surface area contributed by atoms with E-state index in [1.807, 2.05) is 22.6 Å². The molecule has 1 aromatic carbocycles. The van der Waals surface area contributed by atoms with Crippen molar-refractivity contribution in [2.24, 2.45) is 0 Å². The molecule has 1 aromatic rings. The lowest BCUT2D eigenvalue weighted by atomic mass is 10.1. The lowest BCUT2D eigenvalue weighted by Gasteiger charge is -2.04. The zero-order chi connectivity index (χ0) is 10.0. The summed E-state index contributed by atoms with van der Waals surface area (Å²) in [5.74, 6) is -0.189. The van der Waals surface area contributed by atoms with E-state index in [1.54, 1.807) is 12.1 Å². The minimum absolute atomic E-state index is 0.189. The molecule has 0 saturated heterocycles. The first kappa shape index (κ1) is 10.7. The Bertz CT molecular complexity index is 374. The van der Waals surface area contributed by atoms with Gasteiger partial charge >= 0.3 is 0 Å². The fourth-order valence-electron chi connectivity index (χ4n) is 1.02. The topological polar surface area (TPSA) is 34.1 Å². The molecule has 0 aliphatic heterocycles. The van der Waals surface area contributed by atoms with Crippen LogP contribution >= 0.6 is 34.2 Å². The Labute approximate surface area is 94.4 Å². The van der Waals surface area contributed by atoms with Gasteiger partial charge < -0.3 is 0 Å². The van der Waals surface area contributed by atoms with Gasteiger partial charge in [-0.1, -0.05) is 11.6 Å². The Hall–Kier alpha value is -0.420. The summed E-state index contributed by atoms with van der Waals surface area (Å²) >= 11 is 7.90. The van der Waals surface area contributed by atoms with Crippen LogP contribution in [0.1, 0.15) is 27.6 Å². The average Bonchev–Trinajstić information content (AvgIpc) is 2.08. The monoisotopic (exact) mass is 308 g/mol. The van der Waals surface area contributed by atoms with Crippen LogP contribution in [0.15, 0.2) is 12.1 Å². The Morgan fingerprint density at radius 3 is 2.62 bits per heavy atom. The second-order valence-corrected chi connectivity index (χ2v) is 4.04. The fraction of sp³-hybridized carbons (Fsp3) is 0.111. The van der Waals surface area contributed by atoms with Crippen LogP contribution in [0.5, 0.6) is 0 Å². The average molecular weight is 309 g/mol. The lowest BCUT2D eigenvalue weighted by molar-refractivity contribution is 0.101. The predicted octanol–water partition coefficient (Wildman–Crippen LogP) is 2.96. The number of aldehydes is 1. The summed E-state index contributed by atoms with van der Waals surface area (Å²) in [7, 11) is 0. The Balaban J connectivity index is 3.50. The van der Waals surface area contributed by atoms with Crippen molar-refractivity contribution < 1.29 is 9.59 Å². The molecular weight excluding hydrogens is 302 g/mol. The van der Waals surface area contributed by atoms with E-state index in [2.05, 4.69) is 0 Å². The Kier molecular flexibility index (Phi) is 3.44. The number of carbonyl (C=O) groups is 2. The largest absolute Gasteiger partial charge is 0.298 e. The minimum atomic E-state index is -0.189. The molecule has 0 heterocycles. The van der Waals surface area contributed by atoms with Gasteiger partial charge in [-0.25, -0.2) is 0 Å². The van der Waals surface area contributed by atoms with Gasteiger partial charge in [-0.05, 0) is 41.6 Å². The number of ketones is 1. The number of hydrogen-bond donors (Lipinski definition) is 0. The maximum Gasteiger partial charge on any atom is 0.162 e.